The Kier molecular flexibility index (Phi) is 4.81. The van der Waals surface area contributed by atoms with Crippen LogP contribution in [-0.4, -0.2) is 15.6 Å². The molecule has 0 fully saturated rings. The highest BCUT2D eigenvalue weighted by Crippen LogP contribution is 2.23. The van der Waals surface area contributed by atoms with Gasteiger partial charge >= 0.3 is 0 Å². The number of nitrogens with zero attached hydrogens (tertiary/aromatic N) is 2. The van der Waals surface area contributed by atoms with Gasteiger partial charge in [0.2, 0.25) is 0 Å². The van der Waals surface area contributed by atoms with E-state index < -0.39 is 0 Å². The number of rotatable bonds is 5. The highest BCUT2D eigenvalue weighted by Gasteiger charge is 2.24. The highest BCUT2D eigenvalue weighted by molar-refractivity contribution is 9.10. The van der Waals surface area contributed by atoms with Crippen molar-refractivity contribution >= 4 is 27.3 Å². The zero-order chi connectivity index (χ0) is 13.9. The Bertz CT molecular complexity index is 499. The van der Waals surface area contributed by atoms with Gasteiger partial charge in [-0.1, -0.05) is 20.8 Å². The smallest absolute Gasteiger partial charge is 0.0946 e. The van der Waals surface area contributed by atoms with Crippen molar-refractivity contribution in [1.29, 1.82) is 0 Å². The van der Waals surface area contributed by atoms with Crippen LogP contribution in [0.1, 0.15) is 25.6 Å². The van der Waals surface area contributed by atoms with Gasteiger partial charge in [-0.25, -0.2) is 4.98 Å². The molecule has 1 N–H and O–H groups in total. The van der Waals surface area contributed by atoms with E-state index in [1.807, 2.05) is 18.7 Å². The Morgan fingerprint density at radius 2 is 2.26 bits per heavy atom. The predicted molar refractivity (Wildman–Crippen MR) is 84.3 cm³/mol. The second kappa shape index (κ2) is 6.20. The minimum atomic E-state index is 0.207. The molecule has 0 aliphatic carbocycles. The lowest BCUT2D eigenvalue weighted by atomic mass is 9.86. The van der Waals surface area contributed by atoms with Crippen molar-refractivity contribution in [2.24, 2.45) is 5.41 Å². The molecule has 0 radical (unpaired) electrons. The molecule has 2 aromatic rings. The third-order valence-corrected chi connectivity index (χ3v) is 4.84. The van der Waals surface area contributed by atoms with Gasteiger partial charge in [0.15, 0.2) is 0 Å². The molecule has 0 bridgehead atoms. The Balaban J connectivity index is 1.98. The van der Waals surface area contributed by atoms with Crippen LogP contribution in [0.2, 0.25) is 0 Å². The minimum Gasteiger partial charge on any atom is -0.336 e. The molecule has 0 aliphatic rings. The van der Waals surface area contributed by atoms with Crippen molar-refractivity contribution < 1.29 is 0 Å². The van der Waals surface area contributed by atoms with Gasteiger partial charge in [-0.2, -0.15) is 0 Å². The molecule has 0 unspecified atom stereocenters. The molecule has 0 aromatic carbocycles. The van der Waals surface area contributed by atoms with E-state index in [9.17, 15) is 0 Å². The Hall–Kier alpha value is -0.650. The molecule has 2 heterocycles. The second-order valence-electron chi connectivity index (χ2n) is 5.79. The van der Waals surface area contributed by atoms with Crippen LogP contribution >= 0.6 is 27.3 Å². The summed E-state index contributed by atoms with van der Waals surface area (Å²) >= 11 is 5.28. The summed E-state index contributed by atoms with van der Waals surface area (Å²) in [5, 5.41) is 5.79. The number of halogens is 1. The van der Waals surface area contributed by atoms with Crippen molar-refractivity contribution in [3.8, 4) is 0 Å². The molecule has 0 saturated carbocycles. The lowest BCUT2D eigenvalue weighted by Crippen LogP contribution is -2.42. The summed E-state index contributed by atoms with van der Waals surface area (Å²) in [4.78, 5) is 5.46. The van der Waals surface area contributed by atoms with Crippen molar-refractivity contribution in [3.05, 3.63) is 39.5 Å². The normalized spacial score (nSPS) is 13.7. The van der Waals surface area contributed by atoms with Crippen molar-refractivity contribution in [3.63, 3.8) is 0 Å². The minimum absolute atomic E-state index is 0.207. The van der Waals surface area contributed by atoms with Crippen LogP contribution in [0.25, 0.3) is 0 Å². The van der Waals surface area contributed by atoms with Gasteiger partial charge in [0.25, 0.3) is 0 Å². The number of imidazole rings is 1. The number of aromatic nitrogens is 2. The van der Waals surface area contributed by atoms with Crippen LogP contribution in [0.3, 0.4) is 0 Å². The average Bonchev–Trinajstić information content (AvgIpc) is 2.94. The molecule has 104 valence electrons. The van der Waals surface area contributed by atoms with Crippen LogP contribution in [0.4, 0.5) is 0 Å². The molecular formula is C14H20BrN3S. The van der Waals surface area contributed by atoms with E-state index in [4.69, 9.17) is 0 Å². The Morgan fingerprint density at radius 3 is 2.79 bits per heavy atom. The van der Waals surface area contributed by atoms with E-state index in [2.05, 4.69) is 63.0 Å². The first-order chi connectivity index (χ1) is 8.95. The summed E-state index contributed by atoms with van der Waals surface area (Å²) in [5.74, 6) is 0. The topological polar surface area (TPSA) is 29.9 Å². The second-order valence-corrected chi connectivity index (χ2v) is 7.70. The summed E-state index contributed by atoms with van der Waals surface area (Å²) in [7, 11) is 0. The highest BCUT2D eigenvalue weighted by atomic mass is 79.9. The molecule has 0 spiro atoms. The molecule has 5 heteroatoms. The van der Waals surface area contributed by atoms with Crippen LogP contribution in [0.5, 0.6) is 0 Å². The number of hydrogen-bond donors (Lipinski definition) is 1. The van der Waals surface area contributed by atoms with Gasteiger partial charge < -0.3 is 9.88 Å². The SMILES string of the molecule is CC(C)(C)[C@H](Cn1ccnc1)NCc1cc(Br)cs1. The zero-order valence-electron chi connectivity index (χ0n) is 11.6. The fourth-order valence-corrected chi connectivity index (χ4v) is 3.32. The summed E-state index contributed by atoms with van der Waals surface area (Å²) < 4.78 is 3.30. The maximum atomic E-state index is 4.11. The molecule has 3 nitrogen and oxygen atoms in total. The van der Waals surface area contributed by atoms with E-state index in [1.54, 1.807) is 11.3 Å². The van der Waals surface area contributed by atoms with E-state index in [0.717, 1.165) is 17.6 Å². The zero-order valence-corrected chi connectivity index (χ0v) is 14.0. The maximum Gasteiger partial charge on any atom is 0.0946 e. The standard InChI is InChI=1S/C14H20BrN3S/c1-14(2,3)13(8-18-5-4-16-10-18)17-7-12-6-11(15)9-19-12/h4-6,9-10,13,17H,7-8H2,1-3H3/t13-/m0/s1. The van der Waals surface area contributed by atoms with Crippen LogP contribution in [-0.2, 0) is 13.1 Å². The largest absolute Gasteiger partial charge is 0.336 e. The summed E-state index contributed by atoms with van der Waals surface area (Å²) in [6.07, 6.45) is 5.72. The first-order valence-corrected chi connectivity index (χ1v) is 8.04. The van der Waals surface area contributed by atoms with E-state index >= 15 is 0 Å². The van der Waals surface area contributed by atoms with Crippen molar-refractivity contribution in [2.45, 2.75) is 39.9 Å². The van der Waals surface area contributed by atoms with Gasteiger partial charge in [0.05, 0.1) is 6.33 Å². The predicted octanol–water partition coefficient (Wildman–Crippen LogP) is 3.91. The summed E-state index contributed by atoms with van der Waals surface area (Å²) in [6.45, 7) is 8.66. The fourth-order valence-electron chi connectivity index (χ4n) is 1.92. The molecule has 19 heavy (non-hydrogen) atoms. The van der Waals surface area contributed by atoms with Crippen LogP contribution in [0, 0.1) is 5.41 Å². The van der Waals surface area contributed by atoms with Crippen LogP contribution < -0.4 is 5.32 Å². The van der Waals surface area contributed by atoms with Gasteiger partial charge in [0.1, 0.15) is 0 Å². The quantitative estimate of drug-likeness (QED) is 0.893. The average molecular weight is 342 g/mol. The molecule has 2 rings (SSSR count). The van der Waals surface area contributed by atoms with Gasteiger partial charge in [0, 0.05) is 46.3 Å². The van der Waals surface area contributed by atoms with Gasteiger partial charge in [-0.15, -0.1) is 11.3 Å². The van der Waals surface area contributed by atoms with E-state index in [1.165, 1.54) is 4.88 Å². The Labute approximate surface area is 127 Å². The molecule has 0 aliphatic heterocycles. The first kappa shape index (κ1) is 14.8. The van der Waals surface area contributed by atoms with Gasteiger partial charge in [-0.05, 0) is 27.4 Å². The molecule has 2 aromatic heterocycles. The van der Waals surface area contributed by atoms with E-state index in [0.29, 0.717) is 6.04 Å². The van der Waals surface area contributed by atoms with E-state index in [-0.39, 0.29) is 5.41 Å². The third kappa shape index (κ3) is 4.44. The number of nitrogens with one attached hydrogen (secondary N) is 1. The summed E-state index contributed by atoms with van der Waals surface area (Å²) in [5.41, 5.74) is 0.207. The third-order valence-electron chi connectivity index (χ3n) is 3.14. The molecule has 0 amide bonds. The monoisotopic (exact) mass is 341 g/mol. The lowest BCUT2D eigenvalue weighted by Gasteiger charge is -2.32. The Morgan fingerprint density at radius 1 is 1.47 bits per heavy atom. The van der Waals surface area contributed by atoms with Crippen molar-refractivity contribution in [2.75, 3.05) is 0 Å². The number of thiophene rings is 1. The summed E-state index contributed by atoms with van der Waals surface area (Å²) in [6, 6.07) is 2.58. The molecule has 0 saturated heterocycles. The van der Waals surface area contributed by atoms with Crippen molar-refractivity contribution in [1.82, 2.24) is 14.9 Å². The fraction of sp³-hybridized carbons (Fsp3) is 0.500. The van der Waals surface area contributed by atoms with Crippen LogP contribution in [0.15, 0.2) is 34.6 Å². The molecular weight excluding hydrogens is 322 g/mol. The maximum absolute atomic E-state index is 4.11. The number of hydrogen-bond acceptors (Lipinski definition) is 3. The molecule has 1 atom stereocenters. The van der Waals surface area contributed by atoms with Gasteiger partial charge in [-0.3, -0.25) is 0 Å². The first-order valence-electron chi connectivity index (χ1n) is 6.37. The lowest BCUT2D eigenvalue weighted by molar-refractivity contribution is 0.240.